The summed E-state index contributed by atoms with van der Waals surface area (Å²) in [7, 11) is 0. The number of nitrogens with two attached hydrogens (primary N) is 1. The van der Waals surface area contributed by atoms with Gasteiger partial charge in [-0.1, -0.05) is 12.1 Å². The zero-order chi connectivity index (χ0) is 8.10. The molecule has 11 heavy (non-hydrogen) atoms. The maximum absolute atomic E-state index is 10.7. The molecule has 0 fully saturated rings. The van der Waals surface area contributed by atoms with E-state index in [-0.39, 0.29) is 12.5 Å². The lowest BCUT2D eigenvalue weighted by atomic mass is 10.3. The fraction of sp³-hybridized carbons (Fsp3) is 0.125. The number of nitrogens with one attached hydrogen (secondary N) is 1. The van der Waals surface area contributed by atoms with Crippen molar-refractivity contribution >= 4 is 11.6 Å². The van der Waals surface area contributed by atoms with Gasteiger partial charge in [0.1, 0.15) is 0 Å². The van der Waals surface area contributed by atoms with Gasteiger partial charge in [0.25, 0.3) is 0 Å². The second kappa shape index (κ2) is 3.73. The molecular formula is C8H9N2O. The molecular weight excluding hydrogens is 140 g/mol. The number of hydrogen-bond donors (Lipinski definition) is 2. The van der Waals surface area contributed by atoms with Crippen LogP contribution in [-0.2, 0) is 4.79 Å². The third-order valence-electron chi connectivity index (χ3n) is 1.18. The molecule has 3 nitrogen and oxygen atoms in total. The molecule has 1 rings (SSSR count). The predicted octanol–water partition coefficient (Wildman–Crippen LogP) is 0.384. The molecule has 0 aliphatic carbocycles. The lowest BCUT2D eigenvalue weighted by Crippen LogP contribution is -2.21. The molecule has 0 bridgehead atoms. The lowest BCUT2D eigenvalue weighted by Gasteiger charge is -2.00. The van der Waals surface area contributed by atoms with E-state index in [1.165, 1.54) is 0 Å². The van der Waals surface area contributed by atoms with Crippen LogP contribution in [0.3, 0.4) is 0 Å². The molecule has 57 valence electrons. The van der Waals surface area contributed by atoms with Crippen molar-refractivity contribution in [2.24, 2.45) is 5.73 Å². The summed E-state index contributed by atoms with van der Waals surface area (Å²) in [6.07, 6.45) is 0. The summed E-state index contributed by atoms with van der Waals surface area (Å²) in [4.78, 5) is 10.7. The topological polar surface area (TPSA) is 55.1 Å². The molecule has 0 spiro atoms. The van der Waals surface area contributed by atoms with E-state index in [0.717, 1.165) is 5.69 Å². The number of carbonyl (C=O) groups is 1. The Bertz CT molecular complexity index is 233. The maximum atomic E-state index is 10.7. The van der Waals surface area contributed by atoms with E-state index < -0.39 is 0 Å². The first-order valence-corrected chi connectivity index (χ1v) is 3.29. The van der Waals surface area contributed by atoms with Crippen LogP contribution in [-0.4, -0.2) is 12.5 Å². The van der Waals surface area contributed by atoms with E-state index in [1.54, 1.807) is 24.3 Å². The molecule has 0 aliphatic heterocycles. The minimum Gasteiger partial charge on any atom is -0.325 e. The van der Waals surface area contributed by atoms with Crippen LogP contribution in [0.5, 0.6) is 0 Å². The van der Waals surface area contributed by atoms with Crippen molar-refractivity contribution in [1.82, 2.24) is 0 Å². The SMILES string of the molecule is NCC(=O)Nc1c[c]ccc1. The Labute approximate surface area is 65.2 Å². The van der Waals surface area contributed by atoms with Crippen molar-refractivity contribution in [3.05, 3.63) is 30.3 Å². The van der Waals surface area contributed by atoms with Crippen LogP contribution in [0.25, 0.3) is 0 Å². The first-order chi connectivity index (χ1) is 5.33. The van der Waals surface area contributed by atoms with E-state index >= 15 is 0 Å². The van der Waals surface area contributed by atoms with Crippen LogP contribution >= 0.6 is 0 Å². The van der Waals surface area contributed by atoms with Crippen LogP contribution < -0.4 is 11.1 Å². The monoisotopic (exact) mass is 149 g/mol. The van der Waals surface area contributed by atoms with Crippen molar-refractivity contribution in [1.29, 1.82) is 0 Å². The number of anilines is 1. The third kappa shape index (κ3) is 2.39. The summed E-state index contributed by atoms with van der Waals surface area (Å²) >= 11 is 0. The second-order valence-electron chi connectivity index (χ2n) is 2.04. The maximum Gasteiger partial charge on any atom is 0.238 e. The highest BCUT2D eigenvalue weighted by Gasteiger charge is 1.95. The van der Waals surface area contributed by atoms with Crippen LogP contribution in [0, 0.1) is 6.07 Å². The third-order valence-corrected chi connectivity index (χ3v) is 1.18. The summed E-state index contributed by atoms with van der Waals surface area (Å²) in [5, 5.41) is 2.60. The van der Waals surface area contributed by atoms with Crippen molar-refractivity contribution in [2.45, 2.75) is 0 Å². The average molecular weight is 149 g/mol. The van der Waals surface area contributed by atoms with Crippen LogP contribution in [0.2, 0.25) is 0 Å². The molecule has 0 saturated heterocycles. The minimum atomic E-state index is -0.190. The summed E-state index contributed by atoms with van der Waals surface area (Å²) in [5.41, 5.74) is 5.82. The summed E-state index contributed by atoms with van der Waals surface area (Å²) < 4.78 is 0. The molecule has 0 saturated carbocycles. The number of benzene rings is 1. The zero-order valence-corrected chi connectivity index (χ0v) is 6.00. The minimum absolute atomic E-state index is 0.00882. The van der Waals surface area contributed by atoms with Gasteiger partial charge in [0.2, 0.25) is 5.91 Å². The largest absolute Gasteiger partial charge is 0.325 e. The fourth-order valence-corrected chi connectivity index (χ4v) is 0.683. The Morgan fingerprint density at radius 3 is 3.09 bits per heavy atom. The normalized spacial score (nSPS) is 9.18. The Balaban J connectivity index is 2.58. The van der Waals surface area contributed by atoms with Crippen molar-refractivity contribution in [2.75, 3.05) is 11.9 Å². The van der Waals surface area contributed by atoms with E-state index in [2.05, 4.69) is 11.4 Å². The lowest BCUT2D eigenvalue weighted by molar-refractivity contribution is -0.114. The molecule has 0 unspecified atom stereocenters. The van der Waals surface area contributed by atoms with E-state index in [9.17, 15) is 4.79 Å². The molecule has 1 aromatic carbocycles. The highest BCUT2D eigenvalue weighted by Crippen LogP contribution is 2.02. The van der Waals surface area contributed by atoms with Gasteiger partial charge < -0.3 is 11.1 Å². The Morgan fingerprint density at radius 1 is 1.73 bits per heavy atom. The van der Waals surface area contributed by atoms with E-state index in [4.69, 9.17) is 5.73 Å². The number of rotatable bonds is 2. The van der Waals surface area contributed by atoms with Gasteiger partial charge in [-0.05, 0) is 18.2 Å². The van der Waals surface area contributed by atoms with E-state index in [1.807, 2.05) is 0 Å². The first-order valence-electron chi connectivity index (χ1n) is 3.29. The first kappa shape index (κ1) is 7.75. The van der Waals surface area contributed by atoms with Crippen LogP contribution in [0.4, 0.5) is 5.69 Å². The molecule has 1 amide bonds. The van der Waals surface area contributed by atoms with Gasteiger partial charge in [-0.15, -0.1) is 0 Å². The molecule has 0 aromatic heterocycles. The highest BCUT2D eigenvalue weighted by molar-refractivity contribution is 5.91. The smallest absolute Gasteiger partial charge is 0.238 e. The van der Waals surface area contributed by atoms with Gasteiger partial charge in [0.15, 0.2) is 0 Å². The van der Waals surface area contributed by atoms with Gasteiger partial charge in [-0.2, -0.15) is 0 Å². The number of hydrogen-bond acceptors (Lipinski definition) is 2. The van der Waals surface area contributed by atoms with Crippen molar-refractivity contribution in [3.8, 4) is 0 Å². The zero-order valence-electron chi connectivity index (χ0n) is 6.00. The molecule has 0 atom stereocenters. The molecule has 0 aliphatic rings. The van der Waals surface area contributed by atoms with Gasteiger partial charge in [-0.25, -0.2) is 0 Å². The van der Waals surface area contributed by atoms with Crippen molar-refractivity contribution in [3.63, 3.8) is 0 Å². The highest BCUT2D eigenvalue weighted by atomic mass is 16.1. The molecule has 0 heterocycles. The summed E-state index contributed by atoms with van der Waals surface area (Å²) in [6, 6.07) is 9.86. The standard InChI is InChI=1S/C8H9N2O/c9-6-8(11)10-7-4-2-1-3-5-7/h1-2,4-5H,6,9H2,(H,10,11). The Morgan fingerprint density at radius 2 is 2.55 bits per heavy atom. The van der Waals surface area contributed by atoms with Gasteiger partial charge >= 0.3 is 0 Å². The average Bonchev–Trinajstić information content (AvgIpc) is 2.06. The van der Waals surface area contributed by atoms with E-state index in [0.29, 0.717) is 0 Å². The molecule has 1 aromatic rings. The summed E-state index contributed by atoms with van der Waals surface area (Å²) in [5.74, 6) is -0.190. The molecule has 1 radical (unpaired) electrons. The summed E-state index contributed by atoms with van der Waals surface area (Å²) in [6.45, 7) is 0.00882. The number of carbonyl (C=O) groups excluding carboxylic acids is 1. The van der Waals surface area contributed by atoms with Crippen LogP contribution in [0.15, 0.2) is 24.3 Å². The van der Waals surface area contributed by atoms with Gasteiger partial charge in [0.05, 0.1) is 6.54 Å². The number of amides is 1. The Kier molecular flexibility index (Phi) is 2.63. The van der Waals surface area contributed by atoms with Gasteiger partial charge in [0, 0.05) is 5.69 Å². The molecule has 3 heteroatoms. The van der Waals surface area contributed by atoms with Crippen molar-refractivity contribution < 1.29 is 4.79 Å². The predicted molar refractivity (Wildman–Crippen MR) is 43.0 cm³/mol. The van der Waals surface area contributed by atoms with Crippen LogP contribution in [0.1, 0.15) is 0 Å². The molecule has 3 N–H and O–H groups in total. The Hall–Kier alpha value is -1.35. The fourth-order valence-electron chi connectivity index (χ4n) is 0.683. The van der Waals surface area contributed by atoms with Gasteiger partial charge in [-0.3, -0.25) is 4.79 Å². The second-order valence-corrected chi connectivity index (χ2v) is 2.04. The quantitative estimate of drug-likeness (QED) is 0.638.